The number of esters is 1. The average molecular weight is 309 g/mol. The fourth-order valence-electron chi connectivity index (χ4n) is 1.73. The Morgan fingerprint density at radius 3 is 2.52 bits per heavy atom. The molecule has 0 bridgehead atoms. The van der Waals surface area contributed by atoms with Gasteiger partial charge in [-0.3, -0.25) is 4.79 Å². The van der Waals surface area contributed by atoms with E-state index in [2.05, 4.69) is 11.2 Å². The van der Waals surface area contributed by atoms with E-state index in [1.54, 1.807) is 36.4 Å². The maximum absolute atomic E-state index is 11.9. The summed E-state index contributed by atoms with van der Waals surface area (Å²) in [7, 11) is 0. The molecule has 0 aliphatic heterocycles. The first-order valence-electron chi connectivity index (χ1n) is 6.89. The Morgan fingerprint density at radius 2 is 1.78 bits per heavy atom. The van der Waals surface area contributed by atoms with Crippen LogP contribution in [0, 0.1) is 12.3 Å². The standard InChI is InChI=1S/C18H15NO4/c1-2-11-19-17(20)13-22-18(21)14-7-6-10-16(12-14)23-15-8-4-3-5-9-15/h1,3-10,12H,11,13H2,(H,19,20). The molecule has 0 spiro atoms. The van der Waals surface area contributed by atoms with E-state index >= 15 is 0 Å². The molecule has 23 heavy (non-hydrogen) atoms. The fraction of sp³-hybridized carbons (Fsp3) is 0.111. The van der Waals surface area contributed by atoms with Crippen LogP contribution in [-0.2, 0) is 9.53 Å². The molecule has 2 aromatic carbocycles. The van der Waals surface area contributed by atoms with E-state index in [0.717, 1.165) is 0 Å². The van der Waals surface area contributed by atoms with Crippen LogP contribution in [0.2, 0.25) is 0 Å². The van der Waals surface area contributed by atoms with E-state index in [9.17, 15) is 9.59 Å². The van der Waals surface area contributed by atoms with Crippen LogP contribution in [0.15, 0.2) is 54.6 Å². The molecule has 0 aliphatic carbocycles. The Balaban J connectivity index is 1.95. The first kappa shape index (κ1) is 16.1. The number of rotatable bonds is 6. The van der Waals surface area contributed by atoms with Crippen LogP contribution in [-0.4, -0.2) is 25.0 Å². The van der Waals surface area contributed by atoms with Gasteiger partial charge in [0.15, 0.2) is 6.61 Å². The van der Waals surface area contributed by atoms with Gasteiger partial charge in [0, 0.05) is 0 Å². The van der Waals surface area contributed by atoms with E-state index in [-0.39, 0.29) is 13.2 Å². The molecule has 0 fully saturated rings. The quantitative estimate of drug-likeness (QED) is 0.657. The van der Waals surface area contributed by atoms with Crippen molar-refractivity contribution < 1.29 is 19.1 Å². The third-order valence-corrected chi connectivity index (χ3v) is 2.77. The number of carbonyl (C=O) groups is 2. The number of terminal acetylenes is 1. The van der Waals surface area contributed by atoms with Crippen LogP contribution < -0.4 is 10.1 Å². The minimum absolute atomic E-state index is 0.0940. The number of carbonyl (C=O) groups excluding carboxylic acids is 2. The maximum atomic E-state index is 11.9. The molecule has 1 N–H and O–H groups in total. The predicted octanol–water partition coefficient (Wildman–Crippen LogP) is 2.39. The molecule has 0 saturated carbocycles. The number of ether oxygens (including phenoxy) is 2. The SMILES string of the molecule is C#CCNC(=O)COC(=O)c1cccc(Oc2ccccc2)c1. The lowest BCUT2D eigenvalue weighted by molar-refractivity contribution is -0.123. The number of benzene rings is 2. The van der Waals surface area contributed by atoms with Crippen molar-refractivity contribution in [3.05, 3.63) is 60.2 Å². The lowest BCUT2D eigenvalue weighted by atomic mass is 10.2. The summed E-state index contributed by atoms with van der Waals surface area (Å²) in [4.78, 5) is 23.3. The van der Waals surface area contributed by atoms with E-state index in [0.29, 0.717) is 17.1 Å². The molecule has 0 unspecified atom stereocenters. The second-order valence-corrected chi connectivity index (χ2v) is 4.50. The van der Waals surface area contributed by atoms with Gasteiger partial charge >= 0.3 is 5.97 Å². The second-order valence-electron chi connectivity index (χ2n) is 4.50. The van der Waals surface area contributed by atoms with Gasteiger partial charge < -0.3 is 14.8 Å². The molecule has 2 rings (SSSR count). The minimum Gasteiger partial charge on any atom is -0.457 e. The molecule has 1 amide bonds. The number of para-hydroxylation sites is 1. The van der Waals surface area contributed by atoms with Gasteiger partial charge in [0.2, 0.25) is 0 Å². The highest BCUT2D eigenvalue weighted by Gasteiger charge is 2.11. The monoisotopic (exact) mass is 309 g/mol. The van der Waals surface area contributed by atoms with Gasteiger partial charge in [-0.2, -0.15) is 0 Å². The van der Waals surface area contributed by atoms with Gasteiger partial charge in [-0.1, -0.05) is 30.2 Å². The average Bonchev–Trinajstić information content (AvgIpc) is 2.59. The Bertz CT molecular complexity index is 719. The molecule has 0 heterocycles. The minimum atomic E-state index is -0.612. The van der Waals surface area contributed by atoms with Gasteiger partial charge in [-0.05, 0) is 30.3 Å². The Hall–Kier alpha value is -3.26. The van der Waals surface area contributed by atoms with Crippen molar-refractivity contribution in [2.24, 2.45) is 0 Å². The summed E-state index contributed by atoms with van der Waals surface area (Å²) in [6.07, 6.45) is 5.02. The van der Waals surface area contributed by atoms with Gasteiger partial charge in [0.05, 0.1) is 12.1 Å². The van der Waals surface area contributed by atoms with Gasteiger partial charge in [-0.25, -0.2) is 4.79 Å². The summed E-state index contributed by atoms with van der Waals surface area (Å²) in [5.74, 6) is 2.36. The van der Waals surface area contributed by atoms with Crippen molar-refractivity contribution in [1.82, 2.24) is 5.32 Å². The van der Waals surface area contributed by atoms with Crippen molar-refractivity contribution in [3.8, 4) is 23.8 Å². The van der Waals surface area contributed by atoms with Gasteiger partial charge in [-0.15, -0.1) is 6.42 Å². The van der Waals surface area contributed by atoms with Crippen molar-refractivity contribution in [3.63, 3.8) is 0 Å². The summed E-state index contributed by atoms with van der Waals surface area (Å²) >= 11 is 0. The molecule has 0 radical (unpaired) electrons. The molecule has 2 aromatic rings. The number of nitrogens with one attached hydrogen (secondary N) is 1. The summed E-state index contributed by atoms with van der Waals surface area (Å²) in [5.41, 5.74) is 0.295. The molecule has 0 aliphatic rings. The summed E-state index contributed by atoms with van der Waals surface area (Å²) in [5, 5.41) is 2.41. The zero-order chi connectivity index (χ0) is 16.5. The number of amides is 1. The van der Waals surface area contributed by atoms with E-state index in [1.807, 2.05) is 18.2 Å². The largest absolute Gasteiger partial charge is 0.457 e. The van der Waals surface area contributed by atoms with Crippen LogP contribution in [0.4, 0.5) is 0 Å². The predicted molar refractivity (Wildman–Crippen MR) is 85.1 cm³/mol. The zero-order valence-electron chi connectivity index (χ0n) is 12.3. The molecule has 5 heteroatoms. The first-order valence-corrected chi connectivity index (χ1v) is 6.89. The third-order valence-electron chi connectivity index (χ3n) is 2.77. The van der Waals surface area contributed by atoms with Crippen LogP contribution in [0.1, 0.15) is 10.4 Å². The van der Waals surface area contributed by atoms with E-state index in [4.69, 9.17) is 15.9 Å². The lowest BCUT2D eigenvalue weighted by Gasteiger charge is -2.08. The van der Waals surface area contributed by atoms with E-state index in [1.165, 1.54) is 0 Å². The van der Waals surface area contributed by atoms with Gasteiger partial charge in [0.25, 0.3) is 5.91 Å². The van der Waals surface area contributed by atoms with Crippen LogP contribution >= 0.6 is 0 Å². The highest BCUT2D eigenvalue weighted by molar-refractivity contribution is 5.91. The van der Waals surface area contributed by atoms with Crippen molar-refractivity contribution in [2.45, 2.75) is 0 Å². The van der Waals surface area contributed by atoms with Gasteiger partial charge in [0.1, 0.15) is 11.5 Å². The number of hydrogen-bond donors (Lipinski definition) is 1. The molecule has 0 saturated heterocycles. The Kier molecular flexibility index (Phi) is 5.78. The first-order chi connectivity index (χ1) is 11.2. The molecule has 116 valence electrons. The molecular formula is C18H15NO4. The highest BCUT2D eigenvalue weighted by Crippen LogP contribution is 2.22. The zero-order valence-corrected chi connectivity index (χ0v) is 12.3. The molecule has 5 nitrogen and oxygen atoms in total. The lowest BCUT2D eigenvalue weighted by Crippen LogP contribution is -2.28. The normalized spacial score (nSPS) is 9.52. The summed E-state index contributed by atoms with van der Waals surface area (Å²) in [6, 6.07) is 15.7. The smallest absolute Gasteiger partial charge is 0.338 e. The van der Waals surface area contributed by atoms with Crippen LogP contribution in [0.25, 0.3) is 0 Å². The highest BCUT2D eigenvalue weighted by atomic mass is 16.5. The van der Waals surface area contributed by atoms with Crippen molar-refractivity contribution in [2.75, 3.05) is 13.2 Å². The summed E-state index contributed by atoms with van der Waals surface area (Å²) < 4.78 is 10.6. The topological polar surface area (TPSA) is 64.6 Å². The number of hydrogen-bond acceptors (Lipinski definition) is 4. The van der Waals surface area contributed by atoms with Crippen LogP contribution in [0.5, 0.6) is 11.5 Å². The fourth-order valence-corrected chi connectivity index (χ4v) is 1.73. The van der Waals surface area contributed by atoms with Crippen LogP contribution in [0.3, 0.4) is 0 Å². The second kappa shape index (κ2) is 8.25. The summed E-state index contributed by atoms with van der Waals surface area (Å²) in [6.45, 7) is -0.291. The molecule has 0 atom stereocenters. The Morgan fingerprint density at radius 1 is 1.04 bits per heavy atom. The maximum Gasteiger partial charge on any atom is 0.338 e. The molecular weight excluding hydrogens is 294 g/mol. The van der Waals surface area contributed by atoms with Crippen molar-refractivity contribution in [1.29, 1.82) is 0 Å². The van der Waals surface area contributed by atoms with Crippen molar-refractivity contribution >= 4 is 11.9 Å². The van der Waals surface area contributed by atoms with E-state index < -0.39 is 11.9 Å². The Labute approximate surface area is 134 Å². The third kappa shape index (κ3) is 5.21. The molecule has 0 aromatic heterocycles.